The van der Waals surface area contributed by atoms with Gasteiger partial charge in [-0.1, -0.05) is 12.8 Å². The number of piperidine rings is 1. The lowest BCUT2D eigenvalue weighted by atomic mass is 9.63. The first-order chi connectivity index (χ1) is 9.38. The molecular formula is C16H26N2O2. The summed E-state index contributed by atoms with van der Waals surface area (Å²) in [5, 5.41) is 9.18. The van der Waals surface area contributed by atoms with Crippen LogP contribution in [0.2, 0.25) is 0 Å². The van der Waals surface area contributed by atoms with E-state index in [4.69, 9.17) is 4.74 Å². The maximum atomic E-state index is 12.4. The predicted octanol–water partition coefficient (Wildman–Crippen LogP) is 3.86. The van der Waals surface area contributed by atoms with Crippen molar-refractivity contribution in [3.05, 3.63) is 0 Å². The molecule has 0 N–H and O–H groups in total. The van der Waals surface area contributed by atoms with Gasteiger partial charge < -0.3 is 9.64 Å². The van der Waals surface area contributed by atoms with Crippen molar-refractivity contribution in [2.45, 2.75) is 77.4 Å². The number of nitriles is 1. The minimum atomic E-state index is -0.457. The molecule has 4 heteroatoms. The maximum Gasteiger partial charge on any atom is 0.410 e. The van der Waals surface area contributed by atoms with Crippen molar-refractivity contribution in [3.63, 3.8) is 0 Å². The number of carbonyl (C=O) groups excluding carboxylic acids is 1. The van der Waals surface area contributed by atoms with Crippen molar-refractivity contribution in [2.75, 3.05) is 6.54 Å². The Hall–Kier alpha value is -1.24. The third-order valence-electron chi connectivity index (χ3n) is 4.62. The van der Waals surface area contributed by atoms with Crippen LogP contribution >= 0.6 is 0 Å². The van der Waals surface area contributed by atoms with E-state index in [0.29, 0.717) is 6.42 Å². The standard InChI is InChI=1S/C16H26N2O2/c1-15(2,3)20-14(19)18-12-6-9-16(10-11-17)8-5-4-7-13(16)18/h13H,4-10,12H2,1-3H3. The van der Waals surface area contributed by atoms with Crippen LogP contribution in [0.5, 0.6) is 0 Å². The van der Waals surface area contributed by atoms with Gasteiger partial charge in [-0.05, 0) is 46.5 Å². The molecule has 2 aliphatic rings. The van der Waals surface area contributed by atoms with E-state index in [9.17, 15) is 10.1 Å². The van der Waals surface area contributed by atoms with E-state index in [-0.39, 0.29) is 17.6 Å². The second-order valence-corrected chi connectivity index (χ2v) is 7.24. The Labute approximate surface area is 122 Å². The van der Waals surface area contributed by atoms with Crippen LogP contribution in [0.4, 0.5) is 4.79 Å². The Bertz CT molecular complexity index is 404. The molecule has 2 unspecified atom stereocenters. The lowest BCUT2D eigenvalue weighted by molar-refractivity contribution is -0.0392. The monoisotopic (exact) mass is 278 g/mol. The van der Waals surface area contributed by atoms with E-state index in [1.807, 2.05) is 25.7 Å². The minimum Gasteiger partial charge on any atom is -0.444 e. The van der Waals surface area contributed by atoms with Gasteiger partial charge in [0.1, 0.15) is 5.60 Å². The van der Waals surface area contributed by atoms with Gasteiger partial charge >= 0.3 is 6.09 Å². The van der Waals surface area contributed by atoms with Crippen molar-refractivity contribution in [1.29, 1.82) is 5.26 Å². The fraction of sp³-hybridized carbons (Fsp3) is 0.875. The Morgan fingerprint density at radius 2 is 2.05 bits per heavy atom. The highest BCUT2D eigenvalue weighted by atomic mass is 16.6. The van der Waals surface area contributed by atoms with Crippen molar-refractivity contribution in [3.8, 4) is 6.07 Å². The topological polar surface area (TPSA) is 53.3 Å². The molecule has 20 heavy (non-hydrogen) atoms. The summed E-state index contributed by atoms with van der Waals surface area (Å²) in [6.07, 6.45) is 6.84. The van der Waals surface area contributed by atoms with Crippen molar-refractivity contribution in [2.24, 2.45) is 5.41 Å². The number of hydrogen-bond donors (Lipinski definition) is 0. The third-order valence-corrected chi connectivity index (χ3v) is 4.62. The zero-order valence-corrected chi connectivity index (χ0v) is 12.9. The van der Waals surface area contributed by atoms with Gasteiger partial charge in [0, 0.05) is 24.4 Å². The lowest BCUT2D eigenvalue weighted by Crippen LogP contribution is -2.56. The van der Waals surface area contributed by atoms with Crippen LogP contribution in [0.1, 0.15) is 65.7 Å². The van der Waals surface area contributed by atoms with E-state index in [0.717, 1.165) is 38.6 Å². The minimum absolute atomic E-state index is 0.0160. The average Bonchev–Trinajstić information content (AvgIpc) is 2.36. The summed E-state index contributed by atoms with van der Waals surface area (Å²) in [5.74, 6) is 0. The van der Waals surface area contributed by atoms with Gasteiger partial charge in [-0.15, -0.1) is 0 Å². The lowest BCUT2D eigenvalue weighted by Gasteiger charge is -2.51. The van der Waals surface area contributed by atoms with Gasteiger partial charge in [0.15, 0.2) is 0 Å². The van der Waals surface area contributed by atoms with Crippen LogP contribution in [-0.4, -0.2) is 29.2 Å². The quantitative estimate of drug-likeness (QED) is 0.732. The highest BCUT2D eigenvalue weighted by Gasteiger charge is 2.48. The van der Waals surface area contributed by atoms with Gasteiger partial charge in [-0.2, -0.15) is 5.26 Å². The van der Waals surface area contributed by atoms with Crippen LogP contribution in [0, 0.1) is 16.7 Å². The van der Waals surface area contributed by atoms with Crippen LogP contribution in [0.25, 0.3) is 0 Å². The zero-order valence-electron chi connectivity index (χ0n) is 12.9. The van der Waals surface area contributed by atoms with E-state index in [2.05, 4.69) is 6.07 Å². The van der Waals surface area contributed by atoms with E-state index >= 15 is 0 Å². The highest BCUT2D eigenvalue weighted by molar-refractivity contribution is 5.69. The maximum absolute atomic E-state index is 12.4. The molecule has 0 spiro atoms. The summed E-state index contributed by atoms with van der Waals surface area (Å²) in [6, 6.07) is 2.55. The van der Waals surface area contributed by atoms with E-state index < -0.39 is 5.60 Å². The van der Waals surface area contributed by atoms with E-state index in [1.165, 1.54) is 6.42 Å². The van der Waals surface area contributed by atoms with E-state index in [1.54, 1.807) is 0 Å². The molecule has 1 aliphatic carbocycles. The number of likely N-dealkylation sites (tertiary alicyclic amines) is 1. The Morgan fingerprint density at radius 3 is 2.70 bits per heavy atom. The van der Waals surface area contributed by atoms with Gasteiger partial charge in [-0.3, -0.25) is 0 Å². The predicted molar refractivity (Wildman–Crippen MR) is 77.1 cm³/mol. The Balaban J connectivity index is 2.17. The van der Waals surface area contributed by atoms with Gasteiger partial charge in [0.2, 0.25) is 0 Å². The molecule has 1 saturated carbocycles. The molecule has 1 amide bonds. The van der Waals surface area contributed by atoms with Crippen molar-refractivity contribution >= 4 is 6.09 Å². The summed E-state index contributed by atoms with van der Waals surface area (Å²) >= 11 is 0. The molecule has 4 nitrogen and oxygen atoms in total. The molecule has 2 fully saturated rings. The number of amides is 1. The molecule has 0 aromatic carbocycles. The number of nitrogens with zero attached hydrogens (tertiary/aromatic N) is 2. The Kier molecular flexibility index (Phi) is 4.27. The second-order valence-electron chi connectivity index (χ2n) is 7.24. The average molecular weight is 278 g/mol. The molecule has 2 rings (SSSR count). The number of fused-ring (bicyclic) bond motifs is 1. The third kappa shape index (κ3) is 3.08. The molecule has 2 atom stereocenters. The fourth-order valence-electron chi connectivity index (χ4n) is 3.81. The zero-order chi connectivity index (χ0) is 14.8. The molecular weight excluding hydrogens is 252 g/mol. The molecule has 1 saturated heterocycles. The first-order valence-electron chi connectivity index (χ1n) is 7.75. The first-order valence-corrected chi connectivity index (χ1v) is 7.75. The van der Waals surface area contributed by atoms with Crippen molar-refractivity contribution in [1.82, 2.24) is 4.90 Å². The van der Waals surface area contributed by atoms with Crippen LogP contribution in [0.15, 0.2) is 0 Å². The molecule has 1 aliphatic heterocycles. The van der Waals surface area contributed by atoms with Crippen molar-refractivity contribution < 1.29 is 9.53 Å². The number of hydrogen-bond acceptors (Lipinski definition) is 3. The summed E-state index contributed by atoms with van der Waals surface area (Å²) in [6.45, 7) is 6.47. The van der Waals surface area contributed by atoms with Gasteiger partial charge in [-0.25, -0.2) is 4.79 Å². The van der Waals surface area contributed by atoms with Crippen LogP contribution in [-0.2, 0) is 4.74 Å². The normalized spacial score (nSPS) is 30.3. The highest BCUT2D eigenvalue weighted by Crippen LogP contribution is 2.48. The molecule has 0 aromatic rings. The Morgan fingerprint density at radius 1 is 1.35 bits per heavy atom. The fourth-order valence-corrected chi connectivity index (χ4v) is 3.81. The molecule has 0 aromatic heterocycles. The molecule has 1 heterocycles. The number of carbonyl (C=O) groups is 1. The molecule has 0 bridgehead atoms. The SMILES string of the molecule is CC(C)(C)OC(=O)N1CCCC2(CC#N)CCCCC12. The number of ether oxygens (including phenoxy) is 1. The van der Waals surface area contributed by atoms with Crippen LogP contribution in [0.3, 0.4) is 0 Å². The summed E-state index contributed by atoms with van der Waals surface area (Å²) in [4.78, 5) is 14.3. The summed E-state index contributed by atoms with van der Waals surface area (Å²) in [7, 11) is 0. The summed E-state index contributed by atoms with van der Waals surface area (Å²) in [5.41, 5.74) is -0.441. The first kappa shape index (κ1) is 15.2. The van der Waals surface area contributed by atoms with Gasteiger partial charge in [0.05, 0.1) is 6.07 Å². The second kappa shape index (κ2) is 5.63. The molecule has 0 radical (unpaired) electrons. The smallest absolute Gasteiger partial charge is 0.410 e. The largest absolute Gasteiger partial charge is 0.444 e. The number of rotatable bonds is 1. The van der Waals surface area contributed by atoms with Crippen LogP contribution < -0.4 is 0 Å². The van der Waals surface area contributed by atoms with Gasteiger partial charge in [0.25, 0.3) is 0 Å². The summed E-state index contributed by atoms with van der Waals surface area (Å²) < 4.78 is 5.55. The molecule has 112 valence electrons.